The zero-order valence-electron chi connectivity index (χ0n) is 8.34. The van der Waals surface area contributed by atoms with Crippen molar-refractivity contribution in [2.45, 2.75) is 26.2 Å². The van der Waals surface area contributed by atoms with E-state index in [0.717, 1.165) is 14.8 Å². The number of hydrogen-bond acceptors (Lipinski definition) is 3. The molecule has 74 valence electrons. The first-order valence-corrected chi connectivity index (χ1v) is 6.00. The third kappa shape index (κ3) is 1.68. The summed E-state index contributed by atoms with van der Waals surface area (Å²) in [6.45, 7) is 6.62. The second kappa shape index (κ2) is 3.28. The maximum absolute atomic E-state index is 4.25. The Morgan fingerprint density at radius 2 is 2.00 bits per heavy atom. The van der Waals surface area contributed by atoms with Gasteiger partial charge in [-0.2, -0.15) is 0 Å². The fourth-order valence-corrected chi connectivity index (χ4v) is 2.78. The Labute approximate surface area is 95.5 Å². The molecule has 2 nitrogen and oxygen atoms in total. The molecule has 14 heavy (non-hydrogen) atoms. The van der Waals surface area contributed by atoms with Crippen molar-refractivity contribution in [2.75, 3.05) is 0 Å². The van der Waals surface area contributed by atoms with Crippen molar-refractivity contribution in [2.24, 2.45) is 0 Å². The summed E-state index contributed by atoms with van der Waals surface area (Å²) in [6, 6.07) is 2.17. The molecule has 2 rings (SSSR count). The number of thiophene rings is 1. The van der Waals surface area contributed by atoms with Crippen LogP contribution in [0, 0.1) is 0 Å². The lowest BCUT2D eigenvalue weighted by Gasteiger charge is -2.14. The first-order valence-electron chi connectivity index (χ1n) is 4.39. The molecule has 0 fully saturated rings. The SMILES string of the molecule is CC(C)(C)c1cc2c(Br)ncnc2s1. The number of aromatic nitrogens is 2. The van der Waals surface area contributed by atoms with Gasteiger partial charge in [0, 0.05) is 10.3 Å². The van der Waals surface area contributed by atoms with Crippen LogP contribution in [-0.4, -0.2) is 9.97 Å². The monoisotopic (exact) mass is 270 g/mol. The highest BCUT2D eigenvalue weighted by molar-refractivity contribution is 9.10. The average Bonchev–Trinajstić information content (AvgIpc) is 2.48. The van der Waals surface area contributed by atoms with Crippen LogP contribution in [0.15, 0.2) is 17.0 Å². The van der Waals surface area contributed by atoms with E-state index in [0.29, 0.717) is 0 Å². The molecule has 4 heteroatoms. The molecule has 2 aromatic heterocycles. The molecule has 0 spiro atoms. The summed E-state index contributed by atoms with van der Waals surface area (Å²) in [7, 11) is 0. The standard InChI is InChI=1S/C10H11BrN2S/c1-10(2,3)7-4-6-8(11)12-5-13-9(6)14-7/h4-5H,1-3H3. The average molecular weight is 271 g/mol. The summed E-state index contributed by atoms with van der Waals surface area (Å²) < 4.78 is 0.884. The quantitative estimate of drug-likeness (QED) is 0.682. The van der Waals surface area contributed by atoms with E-state index in [-0.39, 0.29) is 5.41 Å². The van der Waals surface area contributed by atoms with E-state index in [1.165, 1.54) is 4.88 Å². The van der Waals surface area contributed by atoms with Crippen molar-refractivity contribution in [3.63, 3.8) is 0 Å². The fraction of sp³-hybridized carbons (Fsp3) is 0.400. The molecule has 2 aromatic rings. The molecule has 0 saturated carbocycles. The highest BCUT2D eigenvalue weighted by atomic mass is 79.9. The highest BCUT2D eigenvalue weighted by Crippen LogP contribution is 2.35. The topological polar surface area (TPSA) is 25.8 Å². The minimum absolute atomic E-state index is 0.185. The minimum Gasteiger partial charge on any atom is -0.229 e. The zero-order valence-corrected chi connectivity index (χ0v) is 10.7. The second-order valence-corrected chi connectivity index (χ2v) is 6.03. The van der Waals surface area contributed by atoms with Gasteiger partial charge in [0.15, 0.2) is 0 Å². The van der Waals surface area contributed by atoms with Crippen molar-refractivity contribution in [3.05, 3.63) is 21.9 Å². The fourth-order valence-electron chi connectivity index (χ4n) is 1.20. The van der Waals surface area contributed by atoms with E-state index in [2.05, 4.69) is 52.7 Å². The van der Waals surface area contributed by atoms with Gasteiger partial charge in [-0.25, -0.2) is 9.97 Å². The third-order valence-corrected chi connectivity index (χ3v) is 4.12. The number of hydrogen-bond donors (Lipinski definition) is 0. The highest BCUT2D eigenvalue weighted by Gasteiger charge is 2.18. The first kappa shape index (κ1) is 10.1. The van der Waals surface area contributed by atoms with Gasteiger partial charge in [-0.1, -0.05) is 20.8 Å². The normalized spacial score (nSPS) is 12.3. The second-order valence-electron chi connectivity index (χ2n) is 4.24. The summed E-state index contributed by atoms with van der Waals surface area (Å²) in [6.07, 6.45) is 1.59. The van der Waals surface area contributed by atoms with E-state index in [1.54, 1.807) is 17.7 Å². The van der Waals surface area contributed by atoms with Gasteiger partial charge < -0.3 is 0 Å². The molecule has 0 amide bonds. The van der Waals surface area contributed by atoms with Crippen molar-refractivity contribution in [1.82, 2.24) is 9.97 Å². The van der Waals surface area contributed by atoms with Gasteiger partial charge in [-0.15, -0.1) is 11.3 Å². The molecule has 0 aliphatic rings. The van der Waals surface area contributed by atoms with Crippen LogP contribution in [0.3, 0.4) is 0 Å². The summed E-state index contributed by atoms with van der Waals surface area (Å²) >= 11 is 5.17. The minimum atomic E-state index is 0.185. The van der Waals surface area contributed by atoms with E-state index >= 15 is 0 Å². The van der Waals surface area contributed by atoms with Crippen LogP contribution in [0.25, 0.3) is 10.2 Å². The Balaban J connectivity index is 2.69. The summed E-state index contributed by atoms with van der Waals surface area (Å²) in [5, 5.41) is 1.11. The first-order chi connectivity index (χ1) is 6.48. The number of fused-ring (bicyclic) bond motifs is 1. The molecule has 0 saturated heterocycles. The molecule has 0 radical (unpaired) electrons. The van der Waals surface area contributed by atoms with E-state index < -0.39 is 0 Å². The van der Waals surface area contributed by atoms with Gasteiger partial charge in [0.1, 0.15) is 15.8 Å². The van der Waals surface area contributed by atoms with Gasteiger partial charge in [0.2, 0.25) is 0 Å². The Bertz CT molecular complexity index is 470. The lowest BCUT2D eigenvalue weighted by atomic mass is 9.94. The van der Waals surface area contributed by atoms with Gasteiger partial charge in [-0.05, 0) is 27.4 Å². The Kier molecular flexibility index (Phi) is 2.35. The van der Waals surface area contributed by atoms with Crippen LogP contribution in [0.1, 0.15) is 25.6 Å². The van der Waals surface area contributed by atoms with Crippen LogP contribution in [-0.2, 0) is 5.41 Å². The Morgan fingerprint density at radius 3 is 2.57 bits per heavy atom. The maximum atomic E-state index is 4.25. The predicted octanol–water partition coefficient (Wildman–Crippen LogP) is 3.75. The molecular weight excluding hydrogens is 260 g/mol. The molecule has 0 bridgehead atoms. The molecular formula is C10H11BrN2S. The molecule has 0 aromatic carbocycles. The molecule has 0 N–H and O–H groups in total. The summed E-state index contributed by atoms with van der Waals surface area (Å²) in [5.74, 6) is 0. The number of rotatable bonds is 0. The lowest BCUT2D eigenvalue weighted by molar-refractivity contribution is 0.604. The van der Waals surface area contributed by atoms with E-state index in [1.807, 2.05) is 0 Å². The molecule has 0 unspecified atom stereocenters. The van der Waals surface area contributed by atoms with Gasteiger partial charge >= 0.3 is 0 Å². The van der Waals surface area contributed by atoms with Crippen molar-refractivity contribution >= 4 is 37.5 Å². The largest absolute Gasteiger partial charge is 0.229 e. The smallest absolute Gasteiger partial charge is 0.128 e. The van der Waals surface area contributed by atoms with Crippen LogP contribution < -0.4 is 0 Å². The summed E-state index contributed by atoms with van der Waals surface area (Å²) in [5.41, 5.74) is 0.185. The molecule has 2 heterocycles. The van der Waals surface area contributed by atoms with Gasteiger partial charge in [-0.3, -0.25) is 0 Å². The number of halogens is 1. The maximum Gasteiger partial charge on any atom is 0.128 e. The lowest BCUT2D eigenvalue weighted by Crippen LogP contribution is -2.07. The predicted molar refractivity (Wildman–Crippen MR) is 63.8 cm³/mol. The van der Waals surface area contributed by atoms with E-state index in [4.69, 9.17) is 0 Å². The van der Waals surface area contributed by atoms with Crippen LogP contribution >= 0.6 is 27.3 Å². The molecule has 0 aliphatic carbocycles. The van der Waals surface area contributed by atoms with Crippen LogP contribution in [0.2, 0.25) is 0 Å². The zero-order chi connectivity index (χ0) is 10.3. The van der Waals surface area contributed by atoms with Crippen LogP contribution in [0.4, 0.5) is 0 Å². The van der Waals surface area contributed by atoms with Gasteiger partial charge in [0.05, 0.1) is 0 Å². The van der Waals surface area contributed by atoms with Gasteiger partial charge in [0.25, 0.3) is 0 Å². The van der Waals surface area contributed by atoms with Crippen molar-refractivity contribution < 1.29 is 0 Å². The summed E-state index contributed by atoms with van der Waals surface area (Å²) in [4.78, 5) is 10.8. The third-order valence-electron chi connectivity index (χ3n) is 2.02. The molecule has 0 atom stereocenters. The van der Waals surface area contributed by atoms with Crippen molar-refractivity contribution in [3.8, 4) is 0 Å². The van der Waals surface area contributed by atoms with Crippen LogP contribution in [0.5, 0.6) is 0 Å². The molecule has 0 aliphatic heterocycles. The van der Waals surface area contributed by atoms with E-state index in [9.17, 15) is 0 Å². The van der Waals surface area contributed by atoms with Crippen molar-refractivity contribution in [1.29, 1.82) is 0 Å². The Hall–Kier alpha value is -0.480. The Morgan fingerprint density at radius 1 is 1.29 bits per heavy atom. The number of nitrogens with zero attached hydrogens (tertiary/aromatic N) is 2.